The Bertz CT molecular complexity index is 376. The summed E-state index contributed by atoms with van der Waals surface area (Å²) in [6.45, 7) is 1.04. The second-order valence-corrected chi connectivity index (χ2v) is 4.56. The largest absolute Gasteiger partial charge is 0.374 e. The average Bonchev–Trinajstić information content (AvgIpc) is 2.16. The van der Waals surface area contributed by atoms with Crippen molar-refractivity contribution >= 4 is 27.9 Å². The van der Waals surface area contributed by atoms with Gasteiger partial charge in [-0.05, 0) is 30.5 Å². The molecule has 0 unspecified atom stereocenters. The van der Waals surface area contributed by atoms with E-state index >= 15 is 0 Å². The van der Waals surface area contributed by atoms with E-state index in [1.165, 1.54) is 5.56 Å². The Balaban J connectivity index is 2.61. The fraction of sp³-hybridized carbons (Fsp3) is 0.364. The summed E-state index contributed by atoms with van der Waals surface area (Å²) >= 11 is 3.42. The van der Waals surface area contributed by atoms with Gasteiger partial charge in [0.2, 0.25) is 0 Å². The number of fused-ring (bicyclic) bond motifs is 1. The van der Waals surface area contributed by atoms with Crippen LogP contribution >= 0.6 is 15.9 Å². The van der Waals surface area contributed by atoms with Crippen LogP contribution in [0.25, 0.3) is 0 Å². The number of aryl methyl sites for hydroxylation is 1. The van der Waals surface area contributed by atoms with Gasteiger partial charge in [-0.3, -0.25) is 4.79 Å². The fourth-order valence-corrected chi connectivity index (χ4v) is 2.57. The molecule has 1 aromatic carbocycles. The van der Waals surface area contributed by atoms with Gasteiger partial charge in [0, 0.05) is 23.6 Å². The lowest BCUT2D eigenvalue weighted by molar-refractivity contribution is 0.112. The van der Waals surface area contributed by atoms with Gasteiger partial charge in [0.25, 0.3) is 0 Å². The summed E-state index contributed by atoms with van der Waals surface area (Å²) in [4.78, 5) is 13.1. The Hall–Kier alpha value is -0.830. The van der Waals surface area contributed by atoms with E-state index < -0.39 is 0 Å². The zero-order valence-electron chi connectivity index (χ0n) is 8.09. The second-order valence-electron chi connectivity index (χ2n) is 3.65. The van der Waals surface area contributed by atoms with Gasteiger partial charge < -0.3 is 4.90 Å². The monoisotopic (exact) mass is 253 g/mol. The van der Waals surface area contributed by atoms with Crippen molar-refractivity contribution in [2.45, 2.75) is 12.8 Å². The van der Waals surface area contributed by atoms with Crippen molar-refractivity contribution in [2.75, 3.05) is 18.5 Å². The summed E-state index contributed by atoms with van der Waals surface area (Å²) in [7, 11) is 2.04. The maximum absolute atomic E-state index is 10.9. The topological polar surface area (TPSA) is 20.3 Å². The van der Waals surface area contributed by atoms with E-state index in [4.69, 9.17) is 0 Å². The number of rotatable bonds is 1. The van der Waals surface area contributed by atoms with Crippen molar-refractivity contribution in [1.29, 1.82) is 0 Å². The minimum Gasteiger partial charge on any atom is -0.374 e. The quantitative estimate of drug-likeness (QED) is 0.718. The van der Waals surface area contributed by atoms with Crippen molar-refractivity contribution in [2.24, 2.45) is 0 Å². The van der Waals surface area contributed by atoms with Crippen LogP contribution in [0, 0.1) is 0 Å². The van der Waals surface area contributed by atoms with E-state index in [1.54, 1.807) is 0 Å². The van der Waals surface area contributed by atoms with Crippen LogP contribution < -0.4 is 4.90 Å². The van der Waals surface area contributed by atoms with Gasteiger partial charge in [-0.2, -0.15) is 0 Å². The molecule has 0 saturated heterocycles. The lowest BCUT2D eigenvalue weighted by Crippen LogP contribution is -2.26. The van der Waals surface area contributed by atoms with E-state index in [0.29, 0.717) is 0 Å². The number of aldehydes is 1. The standard InChI is InChI=1S/C11H12BrNO/c1-13-4-2-3-8-5-10(12)6-9(7-14)11(8)13/h5-7H,2-4H2,1H3. The average molecular weight is 254 g/mol. The Morgan fingerprint density at radius 3 is 3.00 bits per heavy atom. The molecule has 0 amide bonds. The highest BCUT2D eigenvalue weighted by Gasteiger charge is 2.17. The molecule has 0 fully saturated rings. The highest BCUT2D eigenvalue weighted by molar-refractivity contribution is 9.10. The predicted octanol–water partition coefficient (Wildman–Crippen LogP) is 2.64. The summed E-state index contributed by atoms with van der Waals surface area (Å²) in [5.74, 6) is 0. The molecule has 0 bridgehead atoms. The van der Waals surface area contributed by atoms with Crippen molar-refractivity contribution in [1.82, 2.24) is 0 Å². The Kier molecular flexibility index (Phi) is 2.59. The first kappa shape index (κ1) is 9.71. The third-order valence-electron chi connectivity index (χ3n) is 2.63. The maximum Gasteiger partial charge on any atom is 0.152 e. The molecule has 0 aromatic heterocycles. The molecule has 1 aromatic rings. The van der Waals surface area contributed by atoms with Crippen LogP contribution in [0.2, 0.25) is 0 Å². The van der Waals surface area contributed by atoms with E-state index in [0.717, 1.165) is 41.4 Å². The molecule has 1 aliphatic heterocycles. The summed E-state index contributed by atoms with van der Waals surface area (Å²) in [5.41, 5.74) is 3.17. The van der Waals surface area contributed by atoms with Gasteiger partial charge in [0.15, 0.2) is 6.29 Å². The van der Waals surface area contributed by atoms with E-state index in [2.05, 4.69) is 26.9 Å². The normalized spacial score (nSPS) is 15.1. The number of benzene rings is 1. The van der Waals surface area contributed by atoms with Crippen molar-refractivity contribution in [3.63, 3.8) is 0 Å². The van der Waals surface area contributed by atoms with Gasteiger partial charge in [-0.1, -0.05) is 15.9 Å². The van der Waals surface area contributed by atoms with Gasteiger partial charge in [-0.15, -0.1) is 0 Å². The Morgan fingerprint density at radius 2 is 2.29 bits per heavy atom. The molecule has 1 heterocycles. The van der Waals surface area contributed by atoms with Crippen LogP contribution in [0.4, 0.5) is 5.69 Å². The lowest BCUT2D eigenvalue weighted by Gasteiger charge is -2.28. The number of hydrogen-bond donors (Lipinski definition) is 0. The molecule has 3 heteroatoms. The number of nitrogens with zero attached hydrogens (tertiary/aromatic N) is 1. The zero-order valence-corrected chi connectivity index (χ0v) is 9.67. The van der Waals surface area contributed by atoms with Gasteiger partial charge in [0.1, 0.15) is 0 Å². The van der Waals surface area contributed by atoms with E-state index in [-0.39, 0.29) is 0 Å². The minimum atomic E-state index is 0.788. The number of carbonyl (C=O) groups excluding carboxylic acids is 1. The molecule has 74 valence electrons. The highest BCUT2D eigenvalue weighted by Crippen LogP contribution is 2.31. The fourth-order valence-electron chi connectivity index (χ4n) is 2.04. The van der Waals surface area contributed by atoms with Gasteiger partial charge in [0.05, 0.1) is 5.69 Å². The number of anilines is 1. The van der Waals surface area contributed by atoms with Gasteiger partial charge >= 0.3 is 0 Å². The summed E-state index contributed by atoms with van der Waals surface area (Å²) < 4.78 is 0.994. The van der Waals surface area contributed by atoms with E-state index in [1.807, 2.05) is 13.1 Å². The molecule has 0 aliphatic carbocycles. The van der Waals surface area contributed by atoms with Crippen LogP contribution in [0.15, 0.2) is 16.6 Å². The Labute approximate surface area is 92.0 Å². The number of hydrogen-bond acceptors (Lipinski definition) is 2. The first-order valence-corrected chi connectivity index (χ1v) is 5.50. The lowest BCUT2D eigenvalue weighted by atomic mass is 9.99. The molecule has 1 aliphatic rings. The maximum atomic E-state index is 10.9. The van der Waals surface area contributed by atoms with Crippen LogP contribution in [0.5, 0.6) is 0 Å². The molecule has 0 saturated carbocycles. The minimum absolute atomic E-state index is 0.788. The molecular formula is C11H12BrNO. The molecular weight excluding hydrogens is 242 g/mol. The molecule has 0 radical (unpaired) electrons. The van der Waals surface area contributed by atoms with Crippen LogP contribution in [-0.4, -0.2) is 19.9 Å². The number of halogens is 1. The first-order valence-electron chi connectivity index (χ1n) is 4.71. The van der Waals surface area contributed by atoms with Gasteiger partial charge in [-0.25, -0.2) is 0 Å². The zero-order chi connectivity index (χ0) is 10.1. The summed E-state index contributed by atoms with van der Waals surface area (Å²) in [5, 5.41) is 0. The Morgan fingerprint density at radius 1 is 1.50 bits per heavy atom. The first-order chi connectivity index (χ1) is 6.72. The summed E-state index contributed by atoms with van der Waals surface area (Å²) in [6.07, 6.45) is 3.17. The number of carbonyl (C=O) groups is 1. The van der Waals surface area contributed by atoms with Crippen LogP contribution in [0.3, 0.4) is 0 Å². The highest BCUT2D eigenvalue weighted by atomic mass is 79.9. The summed E-state index contributed by atoms with van der Waals surface area (Å²) in [6, 6.07) is 3.99. The van der Waals surface area contributed by atoms with E-state index in [9.17, 15) is 4.79 Å². The molecule has 2 nitrogen and oxygen atoms in total. The molecule has 0 N–H and O–H groups in total. The third-order valence-corrected chi connectivity index (χ3v) is 3.09. The van der Waals surface area contributed by atoms with Crippen molar-refractivity contribution < 1.29 is 4.79 Å². The smallest absolute Gasteiger partial charge is 0.152 e. The van der Waals surface area contributed by atoms with Crippen molar-refractivity contribution in [3.05, 3.63) is 27.7 Å². The molecule has 14 heavy (non-hydrogen) atoms. The molecule has 2 rings (SSSR count). The molecule has 0 spiro atoms. The SMILES string of the molecule is CN1CCCc2cc(Br)cc(C=O)c21. The second kappa shape index (κ2) is 3.73. The molecule has 0 atom stereocenters. The van der Waals surface area contributed by atoms with Crippen molar-refractivity contribution in [3.8, 4) is 0 Å². The third kappa shape index (κ3) is 1.57. The predicted molar refractivity (Wildman–Crippen MR) is 61.1 cm³/mol. The van der Waals surface area contributed by atoms with Crippen LogP contribution in [0.1, 0.15) is 22.3 Å². The van der Waals surface area contributed by atoms with Crippen LogP contribution in [-0.2, 0) is 6.42 Å².